The predicted molar refractivity (Wildman–Crippen MR) is 115 cm³/mol. The van der Waals surface area contributed by atoms with Crippen LogP contribution in [0.4, 0.5) is 11.4 Å². The molecular formula is C21H20N4O6. The number of hydrogen-bond donors (Lipinski definition) is 2. The van der Waals surface area contributed by atoms with Crippen molar-refractivity contribution >= 4 is 35.3 Å². The Bertz CT molecular complexity index is 951. The van der Waals surface area contributed by atoms with Crippen molar-refractivity contribution in [1.82, 2.24) is 10.6 Å². The normalized spacial score (nSPS) is 10.8. The highest BCUT2D eigenvalue weighted by atomic mass is 16.6. The zero-order valence-electron chi connectivity index (χ0n) is 16.4. The van der Waals surface area contributed by atoms with Crippen LogP contribution in [0.5, 0.6) is 0 Å². The first-order valence-electron chi connectivity index (χ1n) is 9.26. The van der Waals surface area contributed by atoms with Crippen LogP contribution in [-0.2, 0) is 9.59 Å². The van der Waals surface area contributed by atoms with Gasteiger partial charge in [0.15, 0.2) is 0 Å². The number of nitro benzene ring substituents is 2. The van der Waals surface area contributed by atoms with Crippen molar-refractivity contribution in [3.05, 3.63) is 92.0 Å². The zero-order valence-corrected chi connectivity index (χ0v) is 16.4. The molecule has 0 aliphatic carbocycles. The molecule has 0 saturated heterocycles. The fourth-order valence-electron chi connectivity index (χ4n) is 2.46. The van der Waals surface area contributed by atoms with Crippen molar-refractivity contribution in [1.29, 1.82) is 0 Å². The van der Waals surface area contributed by atoms with E-state index < -0.39 is 9.85 Å². The summed E-state index contributed by atoms with van der Waals surface area (Å²) in [5, 5.41) is 26.8. The van der Waals surface area contributed by atoms with Gasteiger partial charge in [-0.2, -0.15) is 0 Å². The van der Waals surface area contributed by atoms with Crippen LogP contribution in [0.1, 0.15) is 17.5 Å². The van der Waals surface area contributed by atoms with Crippen LogP contribution < -0.4 is 10.6 Å². The summed E-state index contributed by atoms with van der Waals surface area (Å²) >= 11 is 0. The van der Waals surface area contributed by atoms with Crippen LogP contribution in [-0.4, -0.2) is 34.8 Å². The minimum Gasteiger partial charge on any atom is -0.352 e. The summed E-state index contributed by atoms with van der Waals surface area (Å²) in [6.45, 7) is 0.653. The van der Waals surface area contributed by atoms with E-state index in [1.165, 1.54) is 60.7 Å². The highest BCUT2D eigenvalue weighted by molar-refractivity contribution is 5.92. The fraction of sp³-hybridized carbons (Fsp3) is 0.143. The van der Waals surface area contributed by atoms with E-state index >= 15 is 0 Å². The third-order valence-corrected chi connectivity index (χ3v) is 3.97. The highest BCUT2D eigenvalue weighted by Gasteiger charge is 2.05. The molecule has 2 N–H and O–H groups in total. The Kier molecular flexibility index (Phi) is 8.59. The molecule has 0 aliphatic rings. The van der Waals surface area contributed by atoms with E-state index in [0.717, 1.165) is 0 Å². The van der Waals surface area contributed by atoms with E-state index in [-0.39, 0.29) is 23.2 Å². The van der Waals surface area contributed by atoms with E-state index in [0.29, 0.717) is 30.6 Å². The van der Waals surface area contributed by atoms with Gasteiger partial charge in [-0.1, -0.05) is 24.3 Å². The van der Waals surface area contributed by atoms with Gasteiger partial charge in [0.05, 0.1) is 9.85 Å². The molecule has 0 aliphatic heterocycles. The van der Waals surface area contributed by atoms with E-state index in [4.69, 9.17) is 0 Å². The molecule has 160 valence electrons. The lowest BCUT2D eigenvalue weighted by Gasteiger charge is -2.03. The second-order valence-corrected chi connectivity index (χ2v) is 6.31. The fourth-order valence-corrected chi connectivity index (χ4v) is 2.46. The Morgan fingerprint density at radius 1 is 0.774 bits per heavy atom. The van der Waals surface area contributed by atoms with Gasteiger partial charge in [0.25, 0.3) is 11.4 Å². The van der Waals surface area contributed by atoms with E-state index in [1.807, 2.05) is 0 Å². The zero-order chi connectivity index (χ0) is 22.6. The van der Waals surface area contributed by atoms with Gasteiger partial charge in [-0.25, -0.2) is 0 Å². The lowest BCUT2D eigenvalue weighted by Crippen LogP contribution is -2.28. The average Bonchev–Trinajstić information content (AvgIpc) is 2.76. The molecule has 2 aromatic rings. The van der Waals surface area contributed by atoms with Crippen molar-refractivity contribution in [2.24, 2.45) is 0 Å². The van der Waals surface area contributed by atoms with Crippen LogP contribution in [0.2, 0.25) is 0 Å². The quantitative estimate of drug-likeness (QED) is 0.260. The summed E-state index contributed by atoms with van der Waals surface area (Å²) in [5.41, 5.74) is 0.954. The van der Waals surface area contributed by atoms with Crippen LogP contribution in [0.15, 0.2) is 60.7 Å². The van der Waals surface area contributed by atoms with Gasteiger partial charge in [-0.15, -0.1) is 0 Å². The molecule has 0 spiro atoms. The molecule has 10 nitrogen and oxygen atoms in total. The first-order chi connectivity index (χ1) is 14.8. The summed E-state index contributed by atoms with van der Waals surface area (Å²) in [5.74, 6) is -0.716. The van der Waals surface area contributed by atoms with Crippen LogP contribution in [0, 0.1) is 20.2 Å². The van der Waals surface area contributed by atoms with Gasteiger partial charge in [-0.3, -0.25) is 29.8 Å². The van der Waals surface area contributed by atoms with Gasteiger partial charge in [-0.05, 0) is 29.7 Å². The molecule has 0 bridgehead atoms. The summed E-state index contributed by atoms with van der Waals surface area (Å²) in [7, 11) is 0. The Labute approximate surface area is 177 Å². The standard InChI is InChI=1S/C21H20N4O6/c26-20(10-8-16-4-1-6-18(14-16)24(28)29)22-12-3-13-23-21(27)11-9-17-5-2-7-19(15-17)25(30)31/h1-2,4-11,14-15H,3,12-13H2,(H,22,26)(H,23,27)/b10-8+,11-9+. The molecule has 0 saturated carbocycles. The van der Waals surface area contributed by atoms with Crippen molar-refractivity contribution in [2.75, 3.05) is 13.1 Å². The molecule has 10 heteroatoms. The number of amides is 2. The molecule has 2 amide bonds. The van der Waals surface area contributed by atoms with Crippen LogP contribution >= 0.6 is 0 Å². The molecule has 31 heavy (non-hydrogen) atoms. The second-order valence-electron chi connectivity index (χ2n) is 6.31. The minimum atomic E-state index is -0.509. The first-order valence-corrected chi connectivity index (χ1v) is 9.26. The smallest absolute Gasteiger partial charge is 0.270 e. The Morgan fingerprint density at radius 2 is 1.19 bits per heavy atom. The Balaban J connectivity index is 1.68. The molecule has 2 rings (SSSR count). The van der Waals surface area contributed by atoms with Gasteiger partial charge in [0.1, 0.15) is 0 Å². The topological polar surface area (TPSA) is 144 Å². The third kappa shape index (κ3) is 8.28. The number of nitrogens with one attached hydrogen (secondary N) is 2. The number of nitro groups is 2. The second kappa shape index (κ2) is 11.6. The van der Waals surface area contributed by atoms with Crippen molar-refractivity contribution in [3.63, 3.8) is 0 Å². The highest BCUT2D eigenvalue weighted by Crippen LogP contribution is 2.14. The number of carbonyl (C=O) groups is 2. The van der Waals surface area contributed by atoms with E-state index in [1.54, 1.807) is 12.1 Å². The lowest BCUT2D eigenvalue weighted by atomic mass is 10.2. The monoisotopic (exact) mass is 424 g/mol. The van der Waals surface area contributed by atoms with Gasteiger partial charge in [0, 0.05) is 49.5 Å². The van der Waals surface area contributed by atoms with Gasteiger partial charge < -0.3 is 10.6 Å². The maximum Gasteiger partial charge on any atom is 0.270 e. The predicted octanol–water partition coefficient (Wildman–Crippen LogP) is 2.85. The number of hydrogen-bond acceptors (Lipinski definition) is 6. The lowest BCUT2D eigenvalue weighted by molar-refractivity contribution is -0.385. The molecule has 0 heterocycles. The summed E-state index contributed by atoms with van der Waals surface area (Å²) in [6.07, 6.45) is 6.00. The van der Waals surface area contributed by atoms with Crippen LogP contribution in [0.3, 0.4) is 0 Å². The minimum absolute atomic E-state index is 0.0576. The van der Waals surface area contributed by atoms with E-state index in [9.17, 15) is 29.8 Å². The molecule has 0 radical (unpaired) electrons. The largest absolute Gasteiger partial charge is 0.352 e. The summed E-state index contributed by atoms with van der Waals surface area (Å²) in [4.78, 5) is 44.0. The maximum atomic E-state index is 11.8. The SMILES string of the molecule is O=C(/C=C/c1cccc([N+](=O)[O-])c1)NCCCNC(=O)/C=C/c1cccc([N+](=O)[O-])c1. The average molecular weight is 424 g/mol. The van der Waals surface area contributed by atoms with Crippen molar-refractivity contribution in [2.45, 2.75) is 6.42 Å². The molecule has 2 aromatic carbocycles. The first kappa shape index (κ1) is 22.9. The number of rotatable bonds is 10. The number of non-ortho nitro benzene ring substituents is 2. The van der Waals surface area contributed by atoms with Gasteiger partial charge in [0.2, 0.25) is 11.8 Å². The Hall–Kier alpha value is -4.34. The van der Waals surface area contributed by atoms with E-state index in [2.05, 4.69) is 10.6 Å². The van der Waals surface area contributed by atoms with Crippen molar-refractivity contribution in [3.8, 4) is 0 Å². The number of benzene rings is 2. The molecule has 0 unspecified atom stereocenters. The molecule has 0 atom stereocenters. The molecule has 0 fully saturated rings. The summed E-state index contributed by atoms with van der Waals surface area (Å²) < 4.78 is 0. The third-order valence-electron chi connectivity index (χ3n) is 3.97. The Morgan fingerprint density at radius 3 is 1.58 bits per heavy atom. The van der Waals surface area contributed by atoms with Crippen LogP contribution in [0.25, 0.3) is 12.2 Å². The van der Waals surface area contributed by atoms with Crippen molar-refractivity contribution < 1.29 is 19.4 Å². The maximum absolute atomic E-state index is 11.8. The number of carbonyl (C=O) groups excluding carboxylic acids is 2. The summed E-state index contributed by atoms with van der Waals surface area (Å²) in [6, 6.07) is 11.8. The number of nitrogens with zero attached hydrogens (tertiary/aromatic N) is 2. The molecular weight excluding hydrogens is 404 g/mol. The molecule has 0 aromatic heterocycles. The van der Waals surface area contributed by atoms with Gasteiger partial charge >= 0.3 is 0 Å².